The Morgan fingerprint density at radius 3 is 1.05 bits per heavy atom. The zero-order valence-electron chi connectivity index (χ0n) is 24.8. The highest BCUT2D eigenvalue weighted by Crippen LogP contribution is 2.03. The molecule has 258 valence electrons. The van der Waals surface area contributed by atoms with Crippen LogP contribution in [-0.4, -0.2) is 215 Å². The normalized spacial score (nSPS) is 20.6. The van der Waals surface area contributed by atoms with E-state index < -0.39 is 30.4 Å². The molecule has 3 heterocycles. The van der Waals surface area contributed by atoms with Crippen molar-refractivity contribution < 1.29 is 53.9 Å². The largest absolute Gasteiger partial charge is 0.395 e. The Hall–Kier alpha value is -0.590. The predicted molar refractivity (Wildman–Crippen MR) is 161 cm³/mol. The standard InChI is InChI=1S/2C8H18N2O4S.C7H15NO4S/c2*11-7-5-9-1-3-10(4-2-9)6-8-15(12,13)14;9-13(10,11)7-1-2-8-3-5-12-6-4-8/h2*11H,1-8H2,(H,12,13,14);1-7H2,(H,9,10,11). The van der Waals surface area contributed by atoms with Crippen LogP contribution in [0.5, 0.6) is 0 Å². The fourth-order valence-electron chi connectivity index (χ4n) is 4.54. The molecule has 0 saturated carbocycles. The SMILES string of the molecule is O=S(=O)(O)CCCN1CCOCC1.O=S(=O)(O)CCN1CCN(CCO)CC1.O=S(=O)(O)CCN1CCN(CCO)CC1. The minimum atomic E-state index is -3.84. The van der Waals surface area contributed by atoms with Crippen LogP contribution in [0.2, 0.25) is 0 Å². The Kier molecular flexibility index (Phi) is 20.0. The van der Waals surface area contributed by atoms with E-state index in [1.807, 2.05) is 9.80 Å². The molecule has 0 bridgehead atoms. The average Bonchev–Trinajstić information content (AvgIpc) is 2.92. The molecule has 3 saturated heterocycles. The first-order valence-electron chi connectivity index (χ1n) is 14.4. The Bertz CT molecular complexity index is 986. The monoisotopic (exact) mass is 685 g/mol. The Balaban J connectivity index is 0.000000324. The lowest BCUT2D eigenvalue weighted by Gasteiger charge is -2.33. The smallest absolute Gasteiger partial charge is 0.266 e. The first kappa shape index (κ1) is 40.4. The van der Waals surface area contributed by atoms with Gasteiger partial charge < -0.3 is 14.9 Å². The number of hydrogen-bond acceptors (Lipinski definition) is 14. The molecule has 3 aliphatic heterocycles. The number of rotatable bonds is 14. The number of hydrogen-bond donors (Lipinski definition) is 5. The summed E-state index contributed by atoms with van der Waals surface area (Å²) in [6, 6.07) is 0. The van der Waals surface area contributed by atoms with E-state index in [9.17, 15) is 25.3 Å². The molecule has 0 spiro atoms. The zero-order valence-corrected chi connectivity index (χ0v) is 27.3. The van der Waals surface area contributed by atoms with Gasteiger partial charge in [0.05, 0.1) is 43.7 Å². The minimum Gasteiger partial charge on any atom is -0.395 e. The van der Waals surface area contributed by atoms with E-state index in [0.717, 1.165) is 65.4 Å². The van der Waals surface area contributed by atoms with Gasteiger partial charge in [-0.3, -0.25) is 38.2 Å². The van der Waals surface area contributed by atoms with Crippen LogP contribution in [0.1, 0.15) is 6.42 Å². The van der Waals surface area contributed by atoms with Crippen molar-refractivity contribution in [3.05, 3.63) is 0 Å². The highest BCUT2D eigenvalue weighted by molar-refractivity contribution is 7.86. The predicted octanol–water partition coefficient (Wildman–Crippen LogP) is -3.44. The molecule has 0 aliphatic carbocycles. The molecule has 0 aromatic rings. The van der Waals surface area contributed by atoms with Crippen molar-refractivity contribution in [3.8, 4) is 0 Å². The van der Waals surface area contributed by atoms with Crippen molar-refractivity contribution in [1.82, 2.24) is 24.5 Å². The molecule has 0 amide bonds. The third-order valence-electron chi connectivity index (χ3n) is 7.07. The van der Waals surface area contributed by atoms with Crippen LogP contribution in [0.25, 0.3) is 0 Å². The lowest BCUT2D eigenvalue weighted by atomic mass is 10.3. The summed E-state index contributed by atoms with van der Waals surface area (Å²) in [6.45, 7) is 12.8. The average molecular weight is 686 g/mol. The van der Waals surface area contributed by atoms with E-state index in [0.29, 0.717) is 52.4 Å². The van der Waals surface area contributed by atoms with E-state index in [1.165, 1.54) is 0 Å². The second kappa shape index (κ2) is 21.3. The van der Waals surface area contributed by atoms with Gasteiger partial charge in [0.1, 0.15) is 0 Å². The van der Waals surface area contributed by atoms with E-state index in [1.54, 1.807) is 0 Å². The molecule has 0 aromatic carbocycles. The summed E-state index contributed by atoms with van der Waals surface area (Å²) in [5, 5.41) is 17.5. The first-order valence-corrected chi connectivity index (χ1v) is 19.2. The summed E-state index contributed by atoms with van der Waals surface area (Å²) < 4.78 is 93.7. The maximum absolute atomic E-state index is 10.5. The topological polar surface area (TPSA) is 229 Å². The van der Waals surface area contributed by atoms with Crippen molar-refractivity contribution in [2.24, 2.45) is 0 Å². The fourth-order valence-corrected chi connectivity index (χ4v) is 6.01. The van der Waals surface area contributed by atoms with Crippen LogP contribution < -0.4 is 0 Å². The number of aliphatic hydroxyl groups excluding tert-OH is 2. The lowest BCUT2D eigenvalue weighted by Crippen LogP contribution is -2.48. The summed E-state index contributed by atoms with van der Waals surface area (Å²) in [7, 11) is -11.5. The minimum absolute atomic E-state index is 0.148. The van der Waals surface area contributed by atoms with Crippen LogP contribution in [0.3, 0.4) is 0 Å². The van der Waals surface area contributed by atoms with Gasteiger partial charge in [-0.15, -0.1) is 0 Å². The van der Waals surface area contributed by atoms with Crippen LogP contribution in [0, 0.1) is 0 Å². The Morgan fingerprint density at radius 1 is 0.442 bits per heavy atom. The van der Waals surface area contributed by atoms with E-state index >= 15 is 0 Å². The van der Waals surface area contributed by atoms with Gasteiger partial charge in [-0.1, -0.05) is 0 Å². The summed E-state index contributed by atoms with van der Waals surface area (Å²) >= 11 is 0. The molecule has 0 atom stereocenters. The molecule has 3 aliphatic rings. The number of nitrogens with zero attached hydrogens (tertiary/aromatic N) is 5. The van der Waals surface area contributed by atoms with E-state index in [-0.39, 0.29) is 30.5 Å². The summed E-state index contributed by atoms with van der Waals surface area (Å²) in [5.74, 6) is -0.551. The maximum Gasteiger partial charge on any atom is 0.266 e. The Morgan fingerprint density at radius 2 is 0.744 bits per heavy atom. The number of piperazine rings is 2. The first-order chi connectivity index (χ1) is 20.1. The summed E-state index contributed by atoms with van der Waals surface area (Å²) in [5.41, 5.74) is 0. The summed E-state index contributed by atoms with van der Waals surface area (Å²) in [6.07, 6.45) is 0.485. The number of β-amino-alcohol motifs (C(OH)–C–C–N with tert-alkyl or cyclic N) is 2. The summed E-state index contributed by atoms with van der Waals surface area (Å²) in [4.78, 5) is 10.4. The van der Waals surface area contributed by atoms with Gasteiger partial charge in [0.2, 0.25) is 0 Å². The number of aliphatic hydroxyl groups is 2. The van der Waals surface area contributed by atoms with Gasteiger partial charge >= 0.3 is 0 Å². The van der Waals surface area contributed by atoms with E-state index in [2.05, 4.69) is 14.7 Å². The molecule has 0 radical (unpaired) electrons. The van der Waals surface area contributed by atoms with Crippen molar-refractivity contribution in [2.45, 2.75) is 6.42 Å². The van der Waals surface area contributed by atoms with Crippen LogP contribution in [0.15, 0.2) is 0 Å². The second-order valence-corrected chi connectivity index (χ2v) is 15.2. The number of ether oxygens (including phenoxy) is 1. The molecule has 20 heteroatoms. The second-order valence-electron chi connectivity index (χ2n) is 10.5. The van der Waals surface area contributed by atoms with E-state index in [4.69, 9.17) is 28.6 Å². The molecular formula is C23H51N5O12S3. The molecule has 5 N–H and O–H groups in total. The van der Waals surface area contributed by atoms with Crippen LogP contribution in [0.4, 0.5) is 0 Å². The van der Waals surface area contributed by atoms with Crippen LogP contribution in [-0.2, 0) is 35.1 Å². The van der Waals surface area contributed by atoms with Crippen molar-refractivity contribution in [1.29, 1.82) is 0 Å². The van der Waals surface area contributed by atoms with Crippen molar-refractivity contribution >= 4 is 30.4 Å². The van der Waals surface area contributed by atoms with Crippen LogP contribution >= 0.6 is 0 Å². The molecule has 0 unspecified atom stereocenters. The van der Waals surface area contributed by atoms with Gasteiger partial charge in [0, 0.05) is 91.6 Å². The third-order valence-corrected chi connectivity index (χ3v) is 9.28. The van der Waals surface area contributed by atoms with Crippen molar-refractivity contribution in [2.75, 3.05) is 142 Å². The maximum atomic E-state index is 10.5. The fraction of sp³-hybridized carbons (Fsp3) is 1.00. The molecular weight excluding hydrogens is 634 g/mol. The van der Waals surface area contributed by atoms with Gasteiger partial charge in [-0.2, -0.15) is 25.3 Å². The highest BCUT2D eigenvalue weighted by atomic mass is 32.2. The highest BCUT2D eigenvalue weighted by Gasteiger charge is 2.19. The van der Waals surface area contributed by atoms with Crippen molar-refractivity contribution in [3.63, 3.8) is 0 Å². The van der Waals surface area contributed by atoms with Gasteiger partial charge in [0.15, 0.2) is 0 Å². The molecule has 17 nitrogen and oxygen atoms in total. The molecule has 3 rings (SSSR count). The zero-order chi connectivity index (χ0) is 32.4. The third kappa shape index (κ3) is 23.4. The molecule has 3 fully saturated rings. The number of morpholine rings is 1. The van der Waals surface area contributed by atoms with Gasteiger partial charge in [-0.25, -0.2) is 0 Å². The molecule has 0 aromatic heterocycles. The Labute approximate surface area is 256 Å². The van der Waals surface area contributed by atoms with Gasteiger partial charge in [-0.05, 0) is 13.0 Å². The lowest BCUT2D eigenvalue weighted by molar-refractivity contribution is 0.0380. The molecule has 43 heavy (non-hydrogen) atoms. The quantitative estimate of drug-likeness (QED) is 0.112. The van der Waals surface area contributed by atoms with Gasteiger partial charge in [0.25, 0.3) is 30.4 Å².